The number of ether oxygens (including phenoxy) is 1. The van der Waals surface area contributed by atoms with Crippen molar-refractivity contribution in [3.05, 3.63) is 54.6 Å². The predicted molar refractivity (Wildman–Crippen MR) is 108 cm³/mol. The highest BCUT2D eigenvalue weighted by Gasteiger charge is 2.18. The molecule has 0 radical (unpaired) electrons. The topological polar surface area (TPSA) is 80.1 Å². The molecule has 0 saturated carbocycles. The van der Waals surface area contributed by atoms with Crippen LogP contribution in [0.1, 0.15) is 26.7 Å². The van der Waals surface area contributed by atoms with Crippen molar-refractivity contribution in [3.8, 4) is 22.8 Å². The van der Waals surface area contributed by atoms with Crippen LogP contribution in [0.15, 0.2) is 59.8 Å². The van der Waals surface area contributed by atoms with Crippen LogP contribution in [-0.2, 0) is 4.79 Å². The van der Waals surface area contributed by atoms with E-state index in [1.54, 1.807) is 6.92 Å². The summed E-state index contributed by atoms with van der Waals surface area (Å²) in [6.45, 7) is 4.39. The fraction of sp³-hybridized carbons (Fsp3) is 0.286. The zero-order valence-electron chi connectivity index (χ0n) is 15.9. The number of carboxylic acid groups (broad SMARTS) is 1. The van der Waals surface area contributed by atoms with Crippen molar-refractivity contribution in [2.45, 2.75) is 37.1 Å². The molecule has 0 saturated heterocycles. The molecule has 28 heavy (non-hydrogen) atoms. The largest absolute Gasteiger partial charge is 0.549 e. The van der Waals surface area contributed by atoms with Crippen LogP contribution in [0, 0.1) is 0 Å². The normalized spacial score (nSPS) is 11.9. The highest BCUT2D eigenvalue weighted by molar-refractivity contribution is 8.00. The van der Waals surface area contributed by atoms with Crippen molar-refractivity contribution >= 4 is 17.7 Å². The van der Waals surface area contributed by atoms with Crippen LogP contribution in [0.3, 0.4) is 0 Å². The van der Waals surface area contributed by atoms with Gasteiger partial charge < -0.3 is 14.6 Å². The highest BCUT2D eigenvalue weighted by Crippen LogP contribution is 2.30. The molecule has 0 amide bonds. The second kappa shape index (κ2) is 9.41. The van der Waals surface area contributed by atoms with Crippen LogP contribution in [-0.4, -0.2) is 32.6 Å². The van der Waals surface area contributed by atoms with Crippen LogP contribution in [0.25, 0.3) is 17.1 Å². The van der Waals surface area contributed by atoms with Gasteiger partial charge in [0.1, 0.15) is 5.75 Å². The summed E-state index contributed by atoms with van der Waals surface area (Å²) in [5, 5.41) is 19.5. The van der Waals surface area contributed by atoms with Crippen LogP contribution >= 0.6 is 11.8 Å². The molecule has 0 spiro atoms. The summed E-state index contributed by atoms with van der Waals surface area (Å²) in [5.74, 6) is 0.310. The molecule has 0 unspecified atom stereocenters. The molecule has 0 N–H and O–H groups in total. The predicted octanol–water partition coefficient (Wildman–Crippen LogP) is 3.34. The van der Waals surface area contributed by atoms with Gasteiger partial charge in [0.15, 0.2) is 11.0 Å². The van der Waals surface area contributed by atoms with E-state index in [-0.39, 0.29) is 0 Å². The number of benzene rings is 2. The molecule has 146 valence electrons. The second-order valence-corrected chi connectivity index (χ2v) is 7.59. The number of hydrogen-bond donors (Lipinski definition) is 0. The third-order valence-electron chi connectivity index (χ3n) is 4.14. The number of aliphatic carboxylic acids is 1. The summed E-state index contributed by atoms with van der Waals surface area (Å²) >= 11 is 1.11. The SMILES string of the molecule is CCCCOc1ccc(-c2nnc(S[C@@H](C)C(=O)[O-])n2-c2ccccc2)cc1. The van der Waals surface area contributed by atoms with Gasteiger partial charge in [-0.3, -0.25) is 4.57 Å². The molecule has 3 aromatic rings. The number of aromatic nitrogens is 3. The fourth-order valence-corrected chi connectivity index (χ4v) is 3.38. The molecule has 6 nitrogen and oxygen atoms in total. The lowest BCUT2D eigenvalue weighted by molar-refractivity contribution is -0.304. The summed E-state index contributed by atoms with van der Waals surface area (Å²) in [4.78, 5) is 11.2. The molecule has 0 bridgehead atoms. The fourth-order valence-electron chi connectivity index (χ4n) is 2.58. The third-order valence-corrected chi connectivity index (χ3v) is 5.16. The first-order valence-electron chi connectivity index (χ1n) is 9.21. The number of carbonyl (C=O) groups excluding carboxylic acids is 1. The van der Waals surface area contributed by atoms with Crippen LogP contribution in [0.2, 0.25) is 0 Å². The Morgan fingerprint density at radius 2 is 1.86 bits per heavy atom. The van der Waals surface area contributed by atoms with Gasteiger partial charge in [0.05, 0.1) is 12.6 Å². The first kappa shape index (κ1) is 19.9. The van der Waals surface area contributed by atoms with Crippen molar-refractivity contribution in [2.75, 3.05) is 6.61 Å². The molecule has 1 heterocycles. The van der Waals surface area contributed by atoms with Crippen molar-refractivity contribution in [3.63, 3.8) is 0 Å². The van der Waals surface area contributed by atoms with Gasteiger partial charge >= 0.3 is 0 Å². The lowest BCUT2D eigenvalue weighted by atomic mass is 10.2. The molecule has 1 aromatic heterocycles. The van der Waals surface area contributed by atoms with Gasteiger partial charge in [0, 0.05) is 16.5 Å². The van der Waals surface area contributed by atoms with E-state index in [1.807, 2.05) is 59.2 Å². The lowest BCUT2D eigenvalue weighted by Gasteiger charge is -2.14. The first-order chi connectivity index (χ1) is 13.6. The summed E-state index contributed by atoms with van der Waals surface area (Å²) in [7, 11) is 0. The van der Waals surface area contributed by atoms with E-state index in [2.05, 4.69) is 17.1 Å². The van der Waals surface area contributed by atoms with E-state index in [0.29, 0.717) is 17.6 Å². The van der Waals surface area contributed by atoms with E-state index in [4.69, 9.17) is 4.74 Å². The number of rotatable bonds is 9. The maximum absolute atomic E-state index is 11.2. The molecule has 7 heteroatoms. The Labute approximate surface area is 168 Å². The smallest absolute Gasteiger partial charge is 0.196 e. The zero-order chi connectivity index (χ0) is 19.9. The van der Waals surface area contributed by atoms with Gasteiger partial charge in [-0.15, -0.1) is 10.2 Å². The van der Waals surface area contributed by atoms with E-state index >= 15 is 0 Å². The van der Waals surface area contributed by atoms with E-state index in [9.17, 15) is 9.90 Å². The zero-order valence-corrected chi connectivity index (χ0v) is 16.7. The van der Waals surface area contributed by atoms with Gasteiger partial charge in [0.25, 0.3) is 0 Å². The molecule has 0 aliphatic rings. The maximum Gasteiger partial charge on any atom is 0.196 e. The Morgan fingerprint density at radius 1 is 1.14 bits per heavy atom. The molecule has 3 rings (SSSR count). The molecule has 0 aliphatic carbocycles. The molecule has 1 atom stereocenters. The highest BCUT2D eigenvalue weighted by atomic mass is 32.2. The average molecular weight is 396 g/mol. The molecule has 0 aliphatic heterocycles. The number of para-hydroxylation sites is 1. The van der Waals surface area contributed by atoms with Crippen LogP contribution < -0.4 is 9.84 Å². The van der Waals surface area contributed by atoms with Crippen molar-refractivity contribution < 1.29 is 14.6 Å². The minimum absolute atomic E-state index is 0.501. The van der Waals surface area contributed by atoms with Gasteiger partial charge in [0.2, 0.25) is 0 Å². The van der Waals surface area contributed by atoms with Gasteiger partial charge in [-0.25, -0.2) is 0 Å². The third kappa shape index (κ3) is 4.72. The summed E-state index contributed by atoms with van der Waals surface area (Å²) in [5.41, 5.74) is 1.73. The number of hydrogen-bond acceptors (Lipinski definition) is 6. The standard InChI is InChI=1S/C21H23N3O3S/c1-3-4-14-27-18-12-10-16(11-13-18)19-22-23-21(28-15(2)20(25)26)24(19)17-8-6-5-7-9-17/h5-13,15H,3-4,14H2,1-2H3,(H,25,26)/p-1/t15-/m0/s1. The number of carboxylic acids is 1. The van der Waals surface area contributed by atoms with E-state index in [0.717, 1.165) is 41.6 Å². The minimum Gasteiger partial charge on any atom is -0.549 e. The second-order valence-electron chi connectivity index (χ2n) is 6.28. The average Bonchev–Trinajstić information content (AvgIpc) is 3.12. The van der Waals surface area contributed by atoms with Crippen LogP contribution in [0.5, 0.6) is 5.75 Å². The first-order valence-corrected chi connectivity index (χ1v) is 10.1. The Bertz CT molecular complexity index is 910. The lowest BCUT2D eigenvalue weighted by Crippen LogP contribution is -2.31. The van der Waals surface area contributed by atoms with E-state index in [1.165, 1.54) is 0 Å². The van der Waals surface area contributed by atoms with Crippen LogP contribution in [0.4, 0.5) is 0 Å². The maximum atomic E-state index is 11.2. The Balaban J connectivity index is 1.94. The van der Waals surface area contributed by atoms with Gasteiger partial charge in [-0.1, -0.05) is 43.3 Å². The van der Waals surface area contributed by atoms with Gasteiger partial charge in [-0.05, 0) is 49.7 Å². The number of unbranched alkanes of at least 4 members (excludes halogenated alkanes) is 1. The Hall–Kier alpha value is -2.80. The number of nitrogens with zero attached hydrogens (tertiary/aromatic N) is 3. The number of carbonyl (C=O) groups is 1. The van der Waals surface area contributed by atoms with E-state index < -0.39 is 11.2 Å². The Morgan fingerprint density at radius 3 is 2.50 bits per heavy atom. The summed E-state index contributed by atoms with van der Waals surface area (Å²) < 4.78 is 7.58. The van der Waals surface area contributed by atoms with Crippen molar-refractivity contribution in [2.24, 2.45) is 0 Å². The summed E-state index contributed by atoms with van der Waals surface area (Å²) in [6, 6.07) is 17.3. The molecular formula is C21H22N3O3S-. The minimum atomic E-state index is -1.14. The Kier molecular flexibility index (Phi) is 6.71. The summed E-state index contributed by atoms with van der Waals surface area (Å²) in [6.07, 6.45) is 2.10. The molecule has 2 aromatic carbocycles. The molecule has 0 fully saturated rings. The van der Waals surface area contributed by atoms with Crippen molar-refractivity contribution in [1.82, 2.24) is 14.8 Å². The van der Waals surface area contributed by atoms with Gasteiger partial charge in [-0.2, -0.15) is 0 Å². The number of thioether (sulfide) groups is 1. The monoisotopic (exact) mass is 396 g/mol. The molecular weight excluding hydrogens is 374 g/mol. The quantitative estimate of drug-likeness (QED) is 0.408. The van der Waals surface area contributed by atoms with Crippen molar-refractivity contribution in [1.29, 1.82) is 0 Å².